The Morgan fingerprint density at radius 2 is 0.525 bits per heavy atom. The number of piperidine rings is 6. The van der Waals surface area contributed by atoms with Crippen molar-refractivity contribution in [2.24, 2.45) is 35.5 Å². The van der Waals surface area contributed by atoms with Crippen LogP contribution in [0.3, 0.4) is 0 Å². The molecule has 12 heteroatoms. The zero-order valence-corrected chi connectivity index (χ0v) is 69.9. The van der Waals surface area contributed by atoms with Crippen molar-refractivity contribution in [2.45, 2.75) is 299 Å². The van der Waals surface area contributed by atoms with Gasteiger partial charge >= 0.3 is 0 Å². The van der Waals surface area contributed by atoms with Crippen molar-refractivity contribution < 1.29 is 108 Å². The molecule has 6 heterocycles. The van der Waals surface area contributed by atoms with Crippen molar-refractivity contribution in [1.29, 1.82) is 0 Å². The molecule has 0 N–H and O–H groups in total. The van der Waals surface area contributed by atoms with Crippen molar-refractivity contribution in [1.82, 2.24) is 29.4 Å². The van der Waals surface area contributed by atoms with E-state index in [2.05, 4.69) is 0 Å². The van der Waals surface area contributed by atoms with Gasteiger partial charge in [-0.3, -0.25) is 0 Å². The molecule has 6 aromatic carbocycles. The Bertz CT molecular complexity index is 7190. The summed E-state index contributed by atoms with van der Waals surface area (Å²) in [6, 6.07) is -6.00. The monoisotopic (exact) mass is 1690 g/mol. The number of methoxy groups -OCH3 is 6. The average Bonchev–Trinajstić information content (AvgIpc) is 0.431. The summed E-state index contributed by atoms with van der Waals surface area (Å²) in [6.45, 7) is -29.7. The Kier molecular flexibility index (Phi) is 11.4. The summed E-state index contributed by atoms with van der Waals surface area (Å²) in [4.78, 5) is 3.53. The number of hydrogen-bond acceptors (Lipinski definition) is 12. The minimum Gasteiger partial charge on any atom is -0.497 e. The van der Waals surface area contributed by atoms with Gasteiger partial charge in [0.1, 0.15) is 34.5 Å². The first-order valence-corrected chi connectivity index (χ1v) is 43.0. The smallest absolute Gasteiger partial charge is 0.119 e. The molecule has 120 heavy (non-hydrogen) atoms. The van der Waals surface area contributed by atoms with Crippen LogP contribution >= 0.6 is 0 Å². The first-order valence-electron chi connectivity index (χ1n) is 72.0. The number of hydrogen-bond donors (Lipinski definition) is 0. The molecule has 0 spiro atoms. The molecule has 6 aromatic rings. The van der Waals surface area contributed by atoms with Crippen LogP contribution in [0.5, 0.6) is 34.5 Å². The fourth-order valence-electron chi connectivity index (χ4n) is 23.7. The highest BCUT2D eigenvalue weighted by Crippen LogP contribution is 2.63. The molecule has 12 fully saturated rings. The summed E-state index contributed by atoms with van der Waals surface area (Å²) in [6.07, 6.45) is -10.4. The van der Waals surface area contributed by atoms with Crippen LogP contribution in [-0.4, -0.2) is 189 Å². The molecular weight excluding hydrogens is 1480 g/mol. The van der Waals surface area contributed by atoms with Gasteiger partial charge in [0.2, 0.25) is 0 Å². The van der Waals surface area contributed by atoms with Gasteiger partial charge < -0.3 is 57.8 Å². The third-order valence-corrected chi connectivity index (χ3v) is 29.5. The zero-order valence-electron chi connectivity index (χ0n) is 128. The zero-order chi connectivity index (χ0) is 134. The first-order chi connectivity index (χ1) is 81.2. The molecule has 6 aliphatic heterocycles. The summed E-state index contributed by atoms with van der Waals surface area (Å²) >= 11 is 0. The first kappa shape index (κ1) is 40.2. The van der Waals surface area contributed by atoms with Gasteiger partial charge in [-0.2, -0.15) is 0 Å². The molecule has 6 saturated heterocycles. The van der Waals surface area contributed by atoms with Gasteiger partial charge in [-0.15, -0.1) is 0 Å². The van der Waals surface area contributed by atoms with E-state index in [1.165, 1.54) is 90.8 Å². The second-order valence-electron chi connectivity index (χ2n) is 35.1. The lowest BCUT2D eigenvalue weighted by Gasteiger charge is -2.58. The Hall–Kier alpha value is -6.12. The van der Waals surface area contributed by atoms with Crippen molar-refractivity contribution in [3.8, 4) is 34.5 Å². The normalized spacial score (nSPS) is 53.1. The molecule has 18 atom stereocenters. The van der Waals surface area contributed by atoms with E-state index >= 15 is 0 Å². The molecule has 12 nitrogen and oxygen atoms in total. The lowest BCUT2D eigenvalue weighted by atomic mass is 9.52. The lowest BCUT2D eigenvalue weighted by Crippen LogP contribution is -2.59. The van der Waals surface area contributed by atoms with E-state index < -0.39 is 222 Å². The maximum absolute atomic E-state index is 9.30. The van der Waals surface area contributed by atoms with E-state index in [-0.39, 0.29) is 203 Å². The van der Waals surface area contributed by atoms with Gasteiger partial charge in [-0.05, 0) is 410 Å². The standard InChI is InChI=1S/6C18H25NO/c6*1-19-10-9-18-8-4-3-5-15(18)17(19)11-13-6-7-14(20-2)12-16(13)18/h6*6-7,12,15,17H,3-5,8-11H2,1-2H3/t6*15?,17-,18-/m000000/s1/i2*1D3,6D,7D,9D2,10D2,12D,17D;2*6D,7D,9D2,10D2,12D,17D;2*1D3,9D2,10D2,11D2,17D. The fourth-order valence-corrected chi connectivity index (χ4v) is 23.7. The Labute approximate surface area is 805 Å². The van der Waals surface area contributed by atoms with E-state index in [9.17, 15) is 8.22 Å². The van der Waals surface area contributed by atoms with Gasteiger partial charge in [-0.1, -0.05) is 113 Å². The summed E-state index contributed by atoms with van der Waals surface area (Å²) in [5.41, 5.74) is -6.99. The van der Waals surface area contributed by atoms with E-state index in [0.29, 0.717) is 157 Å². The van der Waals surface area contributed by atoms with Gasteiger partial charge in [0, 0.05) is 132 Å². The number of fused-ring (bicyclic) bond motifs is 6. The van der Waals surface area contributed by atoms with Gasteiger partial charge in [0.15, 0.2) is 0 Å². The Balaban J connectivity index is 0.000000130. The van der Waals surface area contributed by atoms with Crippen LogP contribution in [0.4, 0.5) is 0 Å². The number of rotatable bonds is 6. The van der Waals surface area contributed by atoms with E-state index in [1.54, 1.807) is 12.1 Å². The predicted octanol–water partition coefficient (Wildman–Crippen LogP) is 20.3. The minimum absolute atomic E-state index is 0.00142. The second-order valence-corrected chi connectivity index (χ2v) is 35.1. The highest BCUT2D eigenvalue weighted by Gasteiger charge is 2.60. The van der Waals surface area contributed by atoms with Crippen molar-refractivity contribution in [3.05, 3.63) is 176 Å². The fraction of sp³-hybridized carbons (Fsp3) is 0.667. The Morgan fingerprint density at radius 3 is 0.783 bits per heavy atom. The third kappa shape index (κ3) is 14.1. The summed E-state index contributed by atoms with van der Waals surface area (Å²) in [7, 11) is 11.0. The van der Waals surface area contributed by atoms with Crippen LogP contribution in [0.1, 0.15) is 339 Å². The molecule has 6 unspecified atom stereocenters. The molecule has 0 amide bonds. The molecule has 0 aromatic heterocycles. The van der Waals surface area contributed by atoms with Crippen LogP contribution in [0.15, 0.2) is 109 Å². The van der Waals surface area contributed by atoms with E-state index in [1.807, 2.05) is 0 Å². The van der Waals surface area contributed by atoms with E-state index in [0.717, 1.165) is 12.8 Å². The van der Waals surface area contributed by atoms with Gasteiger partial charge in [-0.25, -0.2) is 0 Å². The molecule has 18 aliphatic rings. The number of likely N-dealkylation sites (tertiary alicyclic amines) is 6. The van der Waals surface area contributed by atoms with Gasteiger partial charge in [0.25, 0.3) is 0 Å². The quantitative estimate of drug-likeness (QED) is 0.159. The van der Waals surface area contributed by atoms with Crippen LogP contribution in [0.2, 0.25) is 0 Å². The van der Waals surface area contributed by atoms with Crippen LogP contribution in [0, 0.1) is 35.5 Å². The number of ether oxygens (including phenoxy) is 6. The molecule has 12 bridgehead atoms. The second kappa shape index (κ2) is 34.0. The van der Waals surface area contributed by atoms with Crippen molar-refractivity contribution in [2.75, 3.05) is 124 Å². The van der Waals surface area contributed by atoms with Crippen molar-refractivity contribution in [3.63, 3.8) is 0 Å². The van der Waals surface area contributed by atoms with E-state index in [4.69, 9.17) is 99.7 Å². The number of benzene rings is 6. The SMILES string of the molecule is [2H]C([2H])([2H])N1C([2H])([2H])C([2H])([2H])[C@@]23CCCCC2[C@]1([2H])C([2H])([2H])c1ccc(OC)cc13.[2H]C([2H])([2H])N1C([2H])([2H])C([2H])([2H])[C@@]23CCCCC2[C@]1([2H])C([2H])([2H])c1ccc(OC)cc13.[2H]c1c([2H])c(OC)c([2H])c2c1C[C@@]1([2H])C3CCCC[C@@]23C([2H])([2H])C([2H])([2H])N1C.[2H]c1c([2H])c(OC)c([2H])c2c1C[C@@]1([2H])C3CCCC[C@@]23C([2H])([2H])C([2H])([2H])N1C.[2H]c1c([2H])c(OC)c([2H])c2c1C[C@@]1([2H])C3CCCC[C@@]23C([2H])([2H])C([2H])([2H])N1C([2H])([2H])[2H].[2H]c1c([2H])c(OC)c([2H])c2c1C[C@@]1([2H])C3CCCC[C@@]23C([2H])([2H])C([2H])([2H])N1C([2H])([2H])[2H]. The number of likely N-dealkylation sites (N-methyl/N-ethyl adjacent to an activating group) is 6. The average molecular weight is 1690 g/mol. The summed E-state index contributed by atoms with van der Waals surface area (Å²) in [5, 5.41) is 0. The summed E-state index contributed by atoms with van der Waals surface area (Å²) in [5.74, 6) is -4.65. The molecule has 12 aliphatic carbocycles. The minimum atomic E-state index is -3.21. The molecule has 24 rings (SSSR count). The predicted molar refractivity (Wildman–Crippen MR) is 488 cm³/mol. The third-order valence-electron chi connectivity index (χ3n) is 29.5. The molecular formula is C108H150N6O6. The van der Waals surface area contributed by atoms with Crippen LogP contribution < -0.4 is 28.4 Å². The van der Waals surface area contributed by atoms with Crippen LogP contribution in [-0.2, 0) is 70.9 Å². The lowest BCUT2D eigenvalue weighted by molar-refractivity contribution is 0.00272. The Morgan fingerprint density at radius 1 is 0.292 bits per heavy atom. The summed E-state index contributed by atoms with van der Waals surface area (Å²) < 4.78 is 532. The maximum atomic E-state index is 9.30. The van der Waals surface area contributed by atoms with Crippen molar-refractivity contribution >= 4 is 0 Å². The van der Waals surface area contributed by atoms with Gasteiger partial charge in [0.05, 0.1) is 59.1 Å². The molecule has 648 valence electrons. The molecule has 0 radical (unpaired) electrons. The maximum Gasteiger partial charge on any atom is 0.119 e. The topological polar surface area (TPSA) is 74.8 Å². The largest absolute Gasteiger partial charge is 0.497 e. The van der Waals surface area contributed by atoms with Crippen LogP contribution in [0.25, 0.3) is 0 Å². The highest BCUT2D eigenvalue weighted by molar-refractivity contribution is 5.52. The molecule has 6 saturated carbocycles. The number of nitrogens with zero attached hydrogens (tertiary/aromatic N) is 6. The highest BCUT2D eigenvalue weighted by atomic mass is 16.5.